The number of anilines is 3. The van der Waals surface area contributed by atoms with E-state index >= 15 is 0 Å². The highest BCUT2D eigenvalue weighted by molar-refractivity contribution is 6.00. The van der Waals surface area contributed by atoms with E-state index in [1.165, 1.54) is 7.05 Å². The molecule has 0 radical (unpaired) electrons. The van der Waals surface area contributed by atoms with Gasteiger partial charge >= 0.3 is 0 Å². The van der Waals surface area contributed by atoms with E-state index < -0.39 is 5.91 Å². The number of amides is 2. The number of nitrogens with zero attached hydrogens (tertiary/aromatic N) is 8. The number of para-hydroxylation sites is 1. The quantitative estimate of drug-likeness (QED) is 0.246. The zero-order valence-corrected chi connectivity index (χ0v) is 24.5. The molecule has 0 bridgehead atoms. The topological polar surface area (TPSA) is 176 Å². The second-order valence-corrected chi connectivity index (χ2v) is 10.8. The number of carbonyl (C=O) groups is 2. The Bertz CT molecular complexity index is 1760. The van der Waals surface area contributed by atoms with Gasteiger partial charge in [-0.2, -0.15) is 5.26 Å². The Morgan fingerprint density at radius 3 is 2.66 bits per heavy atom. The third kappa shape index (κ3) is 5.77. The molecule has 14 nitrogen and oxygen atoms in total. The van der Waals surface area contributed by atoms with Crippen molar-refractivity contribution in [3.63, 3.8) is 0 Å². The van der Waals surface area contributed by atoms with Crippen molar-refractivity contribution in [2.75, 3.05) is 31.3 Å². The Balaban J connectivity index is 1.21. The van der Waals surface area contributed by atoms with Crippen molar-refractivity contribution < 1.29 is 14.3 Å². The monoisotopic (exact) mass is 593 g/mol. The van der Waals surface area contributed by atoms with Crippen molar-refractivity contribution in [3.05, 3.63) is 65.7 Å². The Hall–Kier alpha value is -5.42. The van der Waals surface area contributed by atoms with E-state index in [2.05, 4.69) is 59.3 Å². The number of hydrogen-bond acceptors (Lipinski definition) is 11. The highest BCUT2D eigenvalue weighted by Gasteiger charge is 2.38. The first kappa shape index (κ1) is 28.7. The molecule has 1 saturated carbocycles. The number of nitriles is 1. The Morgan fingerprint density at radius 2 is 1.93 bits per heavy atom. The molecule has 2 fully saturated rings. The van der Waals surface area contributed by atoms with Gasteiger partial charge in [-0.05, 0) is 44.0 Å². The number of methoxy groups -OCH3 is 1. The average molecular weight is 594 g/mol. The van der Waals surface area contributed by atoms with Crippen molar-refractivity contribution in [2.45, 2.75) is 38.4 Å². The number of carbonyl (C=O) groups excluding carboxylic acids is 2. The molecule has 1 aromatic carbocycles. The summed E-state index contributed by atoms with van der Waals surface area (Å²) < 4.78 is 7.68. The van der Waals surface area contributed by atoms with Gasteiger partial charge in [0.05, 0.1) is 36.4 Å². The van der Waals surface area contributed by atoms with Gasteiger partial charge < -0.3 is 20.7 Å². The molecule has 2 amide bonds. The second-order valence-electron chi connectivity index (χ2n) is 10.8. The number of rotatable bonds is 10. The average Bonchev–Trinajstić information content (AvgIpc) is 3.80. The summed E-state index contributed by atoms with van der Waals surface area (Å²) in [6.07, 6.45) is 3.59. The lowest BCUT2D eigenvalue weighted by molar-refractivity contribution is -0.117. The van der Waals surface area contributed by atoms with Gasteiger partial charge in [-0.25, -0.2) is 9.67 Å². The van der Waals surface area contributed by atoms with Crippen LogP contribution in [-0.2, 0) is 11.3 Å². The minimum Gasteiger partial charge on any atom is -0.494 e. The predicted octanol–water partition coefficient (Wildman–Crippen LogP) is 2.91. The molecule has 3 aromatic heterocycles. The molecule has 4 heterocycles. The van der Waals surface area contributed by atoms with Crippen molar-refractivity contribution in [2.24, 2.45) is 5.92 Å². The number of nitrogens with one attached hydrogen (secondary N) is 3. The first-order valence-corrected chi connectivity index (χ1v) is 14.3. The number of benzene rings is 1. The summed E-state index contributed by atoms with van der Waals surface area (Å²) in [7, 11) is 3.06. The number of likely N-dealkylation sites (tertiary alicyclic amines) is 1. The summed E-state index contributed by atoms with van der Waals surface area (Å²) in [5.41, 5.74) is 3.56. The van der Waals surface area contributed by atoms with Crippen molar-refractivity contribution in [1.82, 2.24) is 40.4 Å². The summed E-state index contributed by atoms with van der Waals surface area (Å²) in [6.45, 7) is 3.53. The van der Waals surface area contributed by atoms with Gasteiger partial charge in [0, 0.05) is 43.7 Å². The van der Waals surface area contributed by atoms with Gasteiger partial charge in [0.15, 0.2) is 17.3 Å². The minimum absolute atomic E-state index is 0.0125. The van der Waals surface area contributed by atoms with Gasteiger partial charge in [0.2, 0.25) is 5.91 Å². The molecular weight excluding hydrogens is 562 g/mol. The third-order valence-corrected chi connectivity index (χ3v) is 7.89. The van der Waals surface area contributed by atoms with Gasteiger partial charge in [0.1, 0.15) is 17.5 Å². The van der Waals surface area contributed by atoms with E-state index in [1.807, 2.05) is 41.2 Å². The SMILES string of the molecule is CNC(=O)c1nnc(NC(=O)C2CC2)cc1Nc1cccc(-c2cn(C3CN(Cc4cccc(C#N)n4)[C@@H]3C)nn2)c1OC. The van der Waals surface area contributed by atoms with Crippen LogP contribution in [0.4, 0.5) is 17.2 Å². The molecule has 1 aliphatic carbocycles. The zero-order valence-electron chi connectivity index (χ0n) is 24.5. The van der Waals surface area contributed by atoms with E-state index in [0.717, 1.165) is 25.1 Å². The fraction of sp³-hybridized carbons (Fsp3) is 0.333. The summed E-state index contributed by atoms with van der Waals surface area (Å²) >= 11 is 0. The molecule has 2 aliphatic rings. The molecule has 14 heteroatoms. The summed E-state index contributed by atoms with van der Waals surface area (Å²) in [5.74, 6) is 0.174. The Morgan fingerprint density at radius 1 is 1.11 bits per heavy atom. The summed E-state index contributed by atoms with van der Waals surface area (Å²) in [4.78, 5) is 31.6. The molecule has 4 aromatic rings. The number of aromatic nitrogens is 6. The molecule has 1 saturated heterocycles. The second kappa shape index (κ2) is 12.1. The molecule has 1 unspecified atom stereocenters. The number of hydrogen-bond donors (Lipinski definition) is 3. The number of pyridine rings is 1. The van der Waals surface area contributed by atoms with Gasteiger partial charge in [0.25, 0.3) is 5.91 Å². The smallest absolute Gasteiger partial charge is 0.273 e. The van der Waals surface area contributed by atoms with Crippen LogP contribution in [0.1, 0.15) is 47.7 Å². The lowest BCUT2D eigenvalue weighted by Crippen LogP contribution is -2.54. The van der Waals surface area contributed by atoms with E-state index in [0.29, 0.717) is 40.6 Å². The maximum atomic E-state index is 12.6. The molecule has 2 atom stereocenters. The first-order chi connectivity index (χ1) is 21.4. The zero-order chi connectivity index (χ0) is 30.8. The van der Waals surface area contributed by atoms with Crippen molar-refractivity contribution >= 4 is 29.0 Å². The highest BCUT2D eigenvalue weighted by atomic mass is 16.5. The molecular formula is C30H31N11O3. The molecule has 3 N–H and O–H groups in total. The van der Waals surface area contributed by atoms with Gasteiger partial charge in [-0.1, -0.05) is 17.3 Å². The third-order valence-electron chi connectivity index (χ3n) is 7.89. The van der Waals surface area contributed by atoms with Crippen LogP contribution in [0.2, 0.25) is 0 Å². The summed E-state index contributed by atoms with van der Waals surface area (Å²) in [5, 5.41) is 34.7. The fourth-order valence-corrected chi connectivity index (χ4v) is 5.19. The van der Waals surface area contributed by atoms with Crippen LogP contribution < -0.4 is 20.7 Å². The number of ether oxygens (including phenoxy) is 1. The van der Waals surface area contributed by atoms with Crippen LogP contribution in [0.15, 0.2) is 48.7 Å². The fourth-order valence-electron chi connectivity index (χ4n) is 5.19. The Labute approximate surface area is 253 Å². The van der Waals surface area contributed by atoms with Crippen molar-refractivity contribution in [3.8, 4) is 23.1 Å². The molecule has 6 rings (SSSR count). The van der Waals surface area contributed by atoms with E-state index in [-0.39, 0.29) is 35.4 Å². The molecule has 224 valence electrons. The maximum Gasteiger partial charge on any atom is 0.273 e. The Kier molecular flexibility index (Phi) is 7.86. The normalized spacial score (nSPS) is 17.7. The van der Waals surface area contributed by atoms with Crippen LogP contribution in [0.5, 0.6) is 5.75 Å². The van der Waals surface area contributed by atoms with Crippen molar-refractivity contribution in [1.29, 1.82) is 5.26 Å². The van der Waals surface area contributed by atoms with Gasteiger partial charge in [-0.3, -0.25) is 14.5 Å². The predicted molar refractivity (Wildman–Crippen MR) is 160 cm³/mol. The van der Waals surface area contributed by atoms with Crippen LogP contribution in [0.25, 0.3) is 11.3 Å². The first-order valence-electron chi connectivity index (χ1n) is 14.3. The molecule has 1 aliphatic heterocycles. The van der Waals surface area contributed by atoms with Crippen LogP contribution in [0, 0.1) is 17.2 Å². The largest absolute Gasteiger partial charge is 0.494 e. The molecule has 44 heavy (non-hydrogen) atoms. The lowest BCUT2D eigenvalue weighted by atomic mass is 9.98. The van der Waals surface area contributed by atoms with Crippen LogP contribution in [-0.4, -0.2) is 73.6 Å². The van der Waals surface area contributed by atoms with E-state index in [1.54, 1.807) is 19.2 Å². The van der Waals surface area contributed by atoms with Crippen LogP contribution in [0.3, 0.4) is 0 Å². The minimum atomic E-state index is -0.435. The standard InChI is InChI=1S/C30H31N11O3/c1-17-25(16-40(17)14-20-7-4-6-19(13-31)33-20)41-15-24(36-39-41)21-8-5-9-22(28(21)44-3)34-23-12-26(35-29(42)18-10-11-18)37-38-27(23)30(43)32-2/h4-9,12,15,17-18,25H,10-11,14,16H2,1-3H3,(H,32,43)(H2,34,35,37,42)/t17-,25?/m1/s1. The summed E-state index contributed by atoms with van der Waals surface area (Å²) in [6, 6.07) is 15.0. The lowest BCUT2D eigenvalue weighted by Gasteiger charge is -2.45. The van der Waals surface area contributed by atoms with Gasteiger partial charge in [-0.15, -0.1) is 15.3 Å². The van der Waals surface area contributed by atoms with E-state index in [9.17, 15) is 9.59 Å². The highest BCUT2D eigenvalue weighted by Crippen LogP contribution is 2.39. The maximum absolute atomic E-state index is 12.6. The van der Waals surface area contributed by atoms with Crippen LogP contribution >= 0.6 is 0 Å². The van der Waals surface area contributed by atoms with E-state index in [4.69, 9.17) is 10.00 Å². The molecule has 0 spiro atoms.